The number of halogens is 1. The molecule has 0 aliphatic carbocycles. The van der Waals surface area contributed by atoms with Gasteiger partial charge in [-0.1, -0.05) is 12.1 Å². The van der Waals surface area contributed by atoms with Crippen molar-refractivity contribution >= 4 is 29.8 Å². The minimum absolute atomic E-state index is 0. The van der Waals surface area contributed by atoms with Crippen LogP contribution in [0.4, 0.5) is 0 Å². The van der Waals surface area contributed by atoms with E-state index in [4.69, 9.17) is 9.47 Å². The number of rotatable bonds is 11. The van der Waals surface area contributed by atoms with Crippen molar-refractivity contribution in [2.45, 2.75) is 19.1 Å². The third-order valence-electron chi connectivity index (χ3n) is 3.74. The van der Waals surface area contributed by atoms with Gasteiger partial charge in [0.25, 0.3) is 0 Å². The molecular formula is C19H23ClN2O6S. The zero-order valence-corrected chi connectivity index (χ0v) is 17.1. The highest BCUT2D eigenvalue weighted by Gasteiger charge is 2.13. The maximum atomic E-state index is 9.79. The first kappa shape index (κ1) is 24.3. The zero-order chi connectivity index (χ0) is 20.4. The van der Waals surface area contributed by atoms with E-state index >= 15 is 0 Å². The molecule has 2 aromatic rings. The van der Waals surface area contributed by atoms with Crippen LogP contribution in [0.1, 0.15) is 12.8 Å². The van der Waals surface area contributed by atoms with Crippen LogP contribution in [0.25, 0.3) is 0 Å². The summed E-state index contributed by atoms with van der Waals surface area (Å²) >= 11 is 4.62. The van der Waals surface area contributed by atoms with Gasteiger partial charge in [0.1, 0.15) is 0 Å². The number of benzene rings is 2. The molecule has 0 amide bonds. The van der Waals surface area contributed by atoms with Gasteiger partial charge in [-0.25, -0.2) is 0 Å². The summed E-state index contributed by atoms with van der Waals surface area (Å²) in [6.45, 7) is 1.56. The van der Waals surface area contributed by atoms with E-state index in [1.54, 1.807) is 18.2 Å². The van der Waals surface area contributed by atoms with Gasteiger partial charge in [0.05, 0.1) is 11.8 Å². The fourth-order valence-corrected chi connectivity index (χ4v) is 2.44. The standard InChI is InChI=1S/C19H22N2O6S.ClH/c22-13-4-1-6-15(18(13)24)26-11-3-9-20-10-8-17(21-12-28)27-16-7-2-5-14(23)19(16)25;/h1-2,4-7,17,20,22-25H,3,8-11H2;1H. The molecular weight excluding hydrogens is 420 g/mol. The number of hydrogen-bond donors (Lipinski definition) is 5. The Morgan fingerprint density at radius 2 is 1.59 bits per heavy atom. The van der Waals surface area contributed by atoms with E-state index in [9.17, 15) is 20.4 Å². The first-order valence-corrected chi connectivity index (χ1v) is 9.02. The molecule has 0 saturated heterocycles. The fourth-order valence-electron chi connectivity index (χ4n) is 2.32. The molecule has 0 aliphatic heterocycles. The Labute approximate surface area is 179 Å². The average Bonchev–Trinajstić information content (AvgIpc) is 2.68. The SMILES string of the molecule is Cl.Oc1cccc(OCCCNCCC(N=C=S)Oc2cccc(O)c2O)c1O. The number of hydrogen-bond acceptors (Lipinski definition) is 9. The molecule has 0 heterocycles. The summed E-state index contributed by atoms with van der Waals surface area (Å²) in [4.78, 5) is 3.92. The second kappa shape index (κ2) is 12.7. The summed E-state index contributed by atoms with van der Waals surface area (Å²) in [6, 6.07) is 8.95. The van der Waals surface area contributed by atoms with Crippen LogP contribution in [0.5, 0.6) is 34.5 Å². The van der Waals surface area contributed by atoms with Crippen molar-refractivity contribution in [3.63, 3.8) is 0 Å². The number of para-hydroxylation sites is 2. The predicted molar refractivity (Wildman–Crippen MR) is 114 cm³/mol. The Morgan fingerprint density at radius 1 is 0.966 bits per heavy atom. The number of aromatic hydroxyl groups is 4. The van der Waals surface area contributed by atoms with E-state index in [1.165, 1.54) is 18.2 Å². The highest BCUT2D eigenvalue weighted by atomic mass is 35.5. The number of phenolic OH excluding ortho intramolecular Hbond substituents is 4. The molecule has 1 atom stereocenters. The average molecular weight is 443 g/mol. The summed E-state index contributed by atoms with van der Waals surface area (Å²) in [5.41, 5.74) is 0. The number of isothiocyanates is 1. The normalized spacial score (nSPS) is 11.0. The third kappa shape index (κ3) is 7.67. The van der Waals surface area contributed by atoms with Gasteiger partial charge < -0.3 is 35.2 Å². The van der Waals surface area contributed by atoms with Crippen LogP contribution in [-0.2, 0) is 0 Å². The summed E-state index contributed by atoms with van der Waals surface area (Å²) in [6.07, 6.45) is 0.482. The van der Waals surface area contributed by atoms with E-state index in [2.05, 4.69) is 27.7 Å². The quantitative estimate of drug-likeness (QED) is 0.155. The first-order chi connectivity index (χ1) is 13.5. The van der Waals surface area contributed by atoms with E-state index in [-0.39, 0.29) is 46.9 Å². The highest BCUT2D eigenvalue weighted by Crippen LogP contribution is 2.35. The Morgan fingerprint density at radius 3 is 2.24 bits per heavy atom. The number of nitrogens with zero attached hydrogens (tertiary/aromatic N) is 1. The number of ether oxygens (including phenoxy) is 2. The lowest BCUT2D eigenvalue weighted by molar-refractivity contribution is 0.191. The summed E-state index contributed by atoms with van der Waals surface area (Å²) in [7, 11) is 0. The van der Waals surface area contributed by atoms with Gasteiger partial charge in [-0.2, -0.15) is 4.99 Å². The number of phenols is 4. The van der Waals surface area contributed by atoms with Gasteiger partial charge in [0.15, 0.2) is 23.0 Å². The Bertz CT molecular complexity index is 832. The number of nitrogens with one attached hydrogen (secondary N) is 1. The smallest absolute Gasteiger partial charge is 0.200 e. The maximum Gasteiger partial charge on any atom is 0.200 e. The maximum absolute atomic E-state index is 9.79. The highest BCUT2D eigenvalue weighted by molar-refractivity contribution is 7.78. The lowest BCUT2D eigenvalue weighted by atomic mass is 10.3. The van der Waals surface area contributed by atoms with Gasteiger partial charge in [-0.15, -0.1) is 12.4 Å². The zero-order valence-electron chi connectivity index (χ0n) is 15.4. The molecule has 0 saturated carbocycles. The molecule has 29 heavy (non-hydrogen) atoms. The topological polar surface area (TPSA) is 124 Å². The molecule has 10 heteroatoms. The first-order valence-electron chi connectivity index (χ1n) is 8.62. The summed E-state index contributed by atoms with van der Waals surface area (Å²) < 4.78 is 11.0. The van der Waals surface area contributed by atoms with Gasteiger partial charge in [0.2, 0.25) is 17.7 Å². The minimum Gasteiger partial charge on any atom is -0.504 e. The fraction of sp³-hybridized carbons (Fsp3) is 0.316. The van der Waals surface area contributed by atoms with Crippen molar-refractivity contribution in [1.82, 2.24) is 5.32 Å². The molecule has 0 bridgehead atoms. The molecule has 2 aromatic carbocycles. The van der Waals surface area contributed by atoms with Crippen LogP contribution in [0, 0.1) is 0 Å². The Kier molecular flexibility index (Phi) is 10.6. The predicted octanol–water partition coefficient (Wildman–Crippen LogP) is 3.19. The number of thiocarbonyl (C=S) groups is 1. The Balaban J connectivity index is 0.00000420. The van der Waals surface area contributed by atoms with Crippen molar-refractivity contribution in [1.29, 1.82) is 0 Å². The van der Waals surface area contributed by atoms with Crippen LogP contribution < -0.4 is 14.8 Å². The van der Waals surface area contributed by atoms with Crippen LogP contribution in [-0.4, -0.2) is 51.5 Å². The van der Waals surface area contributed by atoms with Crippen molar-refractivity contribution in [2.75, 3.05) is 19.7 Å². The summed E-state index contributed by atoms with van der Waals surface area (Å²) in [5, 5.41) is 43.8. The van der Waals surface area contributed by atoms with Gasteiger partial charge in [-0.05, 0) is 49.4 Å². The van der Waals surface area contributed by atoms with E-state index < -0.39 is 6.23 Å². The van der Waals surface area contributed by atoms with Crippen LogP contribution in [0.3, 0.4) is 0 Å². The largest absolute Gasteiger partial charge is 0.504 e. The van der Waals surface area contributed by atoms with E-state index in [1.807, 2.05) is 0 Å². The number of aliphatic imine (C=N–C) groups is 1. The van der Waals surface area contributed by atoms with Gasteiger partial charge in [-0.3, -0.25) is 0 Å². The van der Waals surface area contributed by atoms with Crippen LogP contribution in [0.15, 0.2) is 41.4 Å². The van der Waals surface area contributed by atoms with Crippen LogP contribution >= 0.6 is 24.6 Å². The summed E-state index contributed by atoms with van der Waals surface area (Å²) in [5.74, 6) is -0.791. The van der Waals surface area contributed by atoms with E-state index in [0.29, 0.717) is 32.5 Å². The van der Waals surface area contributed by atoms with Crippen molar-refractivity contribution in [3.05, 3.63) is 36.4 Å². The van der Waals surface area contributed by atoms with Gasteiger partial charge >= 0.3 is 0 Å². The molecule has 0 aliphatic rings. The second-order valence-electron chi connectivity index (χ2n) is 5.78. The molecule has 8 nitrogen and oxygen atoms in total. The molecule has 0 fully saturated rings. The molecule has 0 aromatic heterocycles. The molecule has 5 N–H and O–H groups in total. The van der Waals surface area contributed by atoms with Crippen molar-refractivity contribution in [2.24, 2.45) is 4.99 Å². The second-order valence-corrected chi connectivity index (χ2v) is 5.96. The molecule has 2 rings (SSSR count). The van der Waals surface area contributed by atoms with Crippen molar-refractivity contribution in [3.8, 4) is 34.5 Å². The molecule has 0 radical (unpaired) electrons. The lowest BCUT2D eigenvalue weighted by Gasteiger charge is -2.15. The monoisotopic (exact) mass is 442 g/mol. The van der Waals surface area contributed by atoms with Crippen molar-refractivity contribution < 1.29 is 29.9 Å². The van der Waals surface area contributed by atoms with Gasteiger partial charge in [0, 0.05) is 13.0 Å². The molecule has 158 valence electrons. The molecule has 0 spiro atoms. The lowest BCUT2D eigenvalue weighted by Crippen LogP contribution is -2.24. The molecule has 1 unspecified atom stereocenters. The van der Waals surface area contributed by atoms with Crippen LogP contribution in [0.2, 0.25) is 0 Å². The third-order valence-corrected chi connectivity index (χ3v) is 3.84. The minimum atomic E-state index is -0.654. The van der Waals surface area contributed by atoms with E-state index in [0.717, 1.165) is 0 Å². The Hall–Kier alpha value is -2.71.